The van der Waals surface area contributed by atoms with Crippen molar-refractivity contribution in [1.82, 2.24) is 0 Å². The highest BCUT2D eigenvalue weighted by atomic mass is 16.6. The molecule has 0 aliphatic heterocycles. The first-order valence-corrected chi connectivity index (χ1v) is 4.35. The number of nitrogens with two attached hydrogens (primary N) is 2. The minimum absolute atomic E-state index is 0.0623. The van der Waals surface area contributed by atoms with Crippen LogP contribution in [0.2, 0.25) is 0 Å². The number of ether oxygens (including phenoxy) is 1. The van der Waals surface area contributed by atoms with Crippen LogP contribution in [0, 0.1) is 5.92 Å². The van der Waals surface area contributed by atoms with Crippen molar-refractivity contribution in [1.29, 1.82) is 0 Å². The Bertz CT molecular complexity index is 209. The highest BCUT2D eigenvalue weighted by Crippen LogP contribution is 2.25. The van der Waals surface area contributed by atoms with Crippen molar-refractivity contribution < 1.29 is 14.3 Å². The van der Waals surface area contributed by atoms with Gasteiger partial charge in [-0.3, -0.25) is 4.79 Å². The van der Waals surface area contributed by atoms with E-state index >= 15 is 0 Å². The summed E-state index contributed by atoms with van der Waals surface area (Å²) < 4.78 is 4.81. The Labute approximate surface area is 76.4 Å². The fourth-order valence-corrected chi connectivity index (χ4v) is 1.63. The lowest BCUT2D eigenvalue weighted by molar-refractivity contribution is -0.123. The number of amides is 2. The maximum absolute atomic E-state index is 10.8. The fraction of sp³-hybridized carbons (Fsp3) is 0.750. The van der Waals surface area contributed by atoms with Gasteiger partial charge in [0.2, 0.25) is 5.91 Å². The van der Waals surface area contributed by atoms with E-state index in [1.165, 1.54) is 0 Å². The molecule has 0 spiro atoms. The van der Waals surface area contributed by atoms with Crippen molar-refractivity contribution in [3.8, 4) is 0 Å². The van der Waals surface area contributed by atoms with E-state index in [4.69, 9.17) is 16.2 Å². The summed E-state index contributed by atoms with van der Waals surface area (Å²) >= 11 is 0. The van der Waals surface area contributed by atoms with E-state index in [2.05, 4.69) is 0 Å². The first-order valence-electron chi connectivity index (χ1n) is 4.35. The third-order valence-corrected chi connectivity index (χ3v) is 2.36. The predicted molar refractivity (Wildman–Crippen MR) is 45.6 cm³/mol. The molecule has 0 radical (unpaired) electrons. The molecule has 1 fully saturated rings. The van der Waals surface area contributed by atoms with Crippen molar-refractivity contribution in [2.45, 2.75) is 31.8 Å². The molecular weight excluding hydrogens is 172 g/mol. The van der Waals surface area contributed by atoms with E-state index in [1.54, 1.807) is 0 Å². The first-order chi connectivity index (χ1) is 6.09. The Morgan fingerprint density at radius 1 is 1.08 bits per heavy atom. The number of hydrogen-bond acceptors (Lipinski definition) is 3. The van der Waals surface area contributed by atoms with Crippen LogP contribution in [0.15, 0.2) is 0 Å². The van der Waals surface area contributed by atoms with Gasteiger partial charge < -0.3 is 16.2 Å². The van der Waals surface area contributed by atoms with E-state index < -0.39 is 6.09 Å². The molecule has 0 aromatic heterocycles. The van der Waals surface area contributed by atoms with Crippen LogP contribution in [0.5, 0.6) is 0 Å². The van der Waals surface area contributed by atoms with Gasteiger partial charge in [-0.05, 0) is 25.7 Å². The van der Waals surface area contributed by atoms with Gasteiger partial charge in [0.1, 0.15) is 6.10 Å². The molecule has 1 rings (SSSR count). The monoisotopic (exact) mass is 186 g/mol. The summed E-state index contributed by atoms with van der Waals surface area (Å²) in [7, 11) is 0. The Morgan fingerprint density at radius 2 is 1.62 bits per heavy atom. The average molecular weight is 186 g/mol. The van der Waals surface area contributed by atoms with Gasteiger partial charge in [-0.2, -0.15) is 0 Å². The molecule has 0 heterocycles. The molecule has 13 heavy (non-hydrogen) atoms. The minimum Gasteiger partial charge on any atom is -0.446 e. The SMILES string of the molecule is NC(=O)O[C@H]1CC[C@@H](C(N)=O)CC1. The summed E-state index contributed by atoms with van der Waals surface area (Å²) in [5.74, 6) is -0.328. The van der Waals surface area contributed by atoms with Gasteiger partial charge in [0.05, 0.1) is 0 Å². The summed E-state index contributed by atoms with van der Waals surface area (Å²) in [6, 6.07) is 0. The third kappa shape index (κ3) is 2.93. The molecule has 0 saturated heterocycles. The second kappa shape index (κ2) is 4.11. The lowest BCUT2D eigenvalue weighted by atomic mass is 9.87. The molecule has 0 aromatic carbocycles. The molecule has 0 atom stereocenters. The number of hydrogen-bond donors (Lipinski definition) is 2. The van der Waals surface area contributed by atoms with Crippen LogP contribution in [0.4, 0.5) is 4.79 Å². The molecule has 1 aliphatic rings. The highest BCUT2D eigenvalue weighted by molar-refractivity contribution is 5.76. The number of carbonyl (C=O) groups excluding carboxylic acids is 2. The van der Waals surface area contributed by atoms with E-state index in [0.717, 1.165) is 0 Å². The highest BCUT2D eigenvalue weighted by Gasteiger charge is 2.26. The largest absolute Gasteiger partial charge is 0.446 e. The van der Waals surface area contributed by atoms with Crippen LogP contribution in [0.1, 0.15) is 25.7 Å². The van der Waals surface area contributed by atoms with E-state index in [0.29, 0.717) is 25.7 Å². The van der Waals surface area contributed by atoms with E-state index in [-0.39, 0.29) is 17.9 Å². The van der Waals surface area contributed by atoms with Gasteiger partial charge >= 0.3 is 6.09 Å². The van der Waals surface area contributed by atoms with Gasteiger partial charge in [-0.1, -0.05) is 0 Å². The van der Waals surface area contributed by atoms with Crippen LogP contribution >= 0.6 is 0 Å². The molecule has 0 aromatic rings. The summed E-state index contributed by atoms with van der Waals surface area (Å²) in [5.41, 5.74) is 10.0. The fourth-order valence-electron chi connectivity index (χ4n) is 1.63. The standard InChI is InChI=1S/C8H14N2O3/c9-7(11)5-1-3-6(4-2-5)13-8(10)12/h5-6H,1-4H2,(H2,9,11)(H2,10,12)/t5-,6+. The van der Waals surface area contributed by atoms with Crippen LogP contribution < -0.4 is 11.5 Å². The molecule has 74 valence electrons. The zero-order chi connectivity index (χ0) is 9.84. The van der Waals surface area contributed by atoms with E-state index in [1.807, 2.05) is 0 Å². The maximum atomic E-state index is 10.8. The number of primary amides is 2. The Kier molecular flexibility index (Phi) is 3.11. The lowest BCUT2D eigenvalue weighted by Gasteiger charge is -2.25. The van der Waals surface area contributed by atoms with E-state index in [9.17, 15) is 9.59 Å². The quantitative estimate of drug-likeness (QED) is 0.641. The summed E-state index contributed by atoms with van der Waals surface area (Å²) in [4.78, 5) is 21.2. The van der Waals surface area contributed by atoms with Gasteiger partial charge in [0.25, 0.3) is 0 Å². The summed E-state index contributed by atoms with van der Waals surface area (Å²) in [6.45, 7) is 0. The third-order valence-electron chi connectivity index (χ3n) is 2.36. The van der Waals surface area contributed by atoms with Gasteiger partial charge in [-0.15, -0.1) is 0 Å². The Morgan fingerprint density at radius 3 is 2.00 bits per heavy atom. The molecule has 5 heteroatoms. The summed E-state index contributed by atoms with van der Waals surface area (Å²) in [5, 5.41) is 0. The van der Waals surface area contributed by atoms with Gasteiger partial charge in [0.15, 0.2) is 0 Å². The molecule has 2 amide bonds. The second-order valence-corrected chi connectivity index (χ2v) is 3.31. The van der Waals surface area contributed by atoms with Crippen LogP contribution in [0.3, 0.4) is 0 Å². The second-order valence-electron chi connectivity index (χ2n) is 3.31. The number of rotatable bonds is 2. The molecular formula is C8H14N2O3. The summed E-state index contributed by atoms with van der Waals surface area (Å²) in [6.07, 6.45) is 1.85. The van der Waals surface area contributed by atoms with Crippen molar-refractivity contribution in [3.63, 3.8) is 0 Å². The minimum atomic E-state index is -0.748. The smallest absolute Gasteiger partial charge is 0.404 e. The average Bonchev–Trinajstić information content (AvgIpc) is 2.04. The van der Waals surface area contributed by atoms with Gasteiger partial charge in [0, 0.05) is 5.92 Å². The van der Waals surface area contributed by atoms with Crippen molar-refractivity contribution in [2.24, 2.45) is 17.4 Å². The Hall–Kier alpha value is -1.26. The van der Waals surface area contributed by atoms with Crippen LogP contribution in [-0.2, 0) is 9.53 Å². The van der Waals surface area contributed by atoms with Crippen LogP contribution in [0.25, 0.3) is 0 Å². The van der Waals surface area contributed by atoms with Crippen molar-refractivity contribution in [3.05, 3.63) is 0 Å². The molecule has 1 saturated carbocycles. The zero-order valence-electron chi connectivity index (χ0n) is 7.36. The predicted octanol–water partition coefficient (Wildman–Crippen LogP) is 0.126. The lowest BCUT2D eigenvalue weighted by Crippen LogP contribution is -2.32. The topological polar surface area (TPSA) is 95.4 Å². The van der Waals surface area contributed by atoms with Crippen molar-refractivity contribution >= 4 is 12.0 Å². The zero-order valence-corrected chi connectivity index (χ0v) is 7.36. The van der Waals surface area contributed by atoms with Crippen LogP contribution in [-0.4, -0.2) is 18.1 Å². The van der Waals surface area contributed by atoms with Gasteiger partial charge in [-0.25, -0.2) is 4.79 Å². The Balaban J connectivity index is 2.30. The molecule has 0 unspecified atom stereocenters. The molecule has 4 N–H and O–H groups in total. The maximum Gasteiger partial charge on any atom is 0.404 e. The first kappa shape index (κ1) is 9.83. The molecule has 5 nitrogen and oxygen atoms in total. The molecule has 0 bridgehead atoms. The normalized spacial score (nSPS) is 28.0. The van der Waals surface area contributed by atoms with Crippen molar-refractivity contribution in [2.75, 3.05) is 0 Å². The number of carbonyl (C=O) groups is 2. The molecule has 1 aliphatic carbocycles.